The fraction of sp³-hybridized carbons (Fsp3) is 0.250. The van der Waals surface area contributed by atoms with Crippen LogP contribution in [0.25, 0.3) is 38.8 Å². The van der Waals surface area contributed by atoms with Gasteiger partial charge in [-0.15, -0.1) is 53.8 Å². The molecule has 2 aromatic heterocycles. The second kappa shape index (κ2) is 20.2. The van der Waals surface area contributed by atoms with Crippen molar-refractivity contribution in [1.29, 1.82) is 0 Å². The Morgan fingerprint density at radius 1 is 0.449 bits per heavy atom. The zero-order valence-electron chi connectivity index (χ0n) is 47.5. The Bertz CT molecular complexity index is 3820. The van der Waals surface area contributed by atoms with E-state index in [2.05, 4.69) is 305 Å². The van der Waals surface area contributed by atoms with Gasteiger partial charge >= 0.3 is 0 Å². The number of rotatable bonds is 10. The molecule has 3 heterocycles. The van der Waals surface area contributed by atoms with E-state index < -0.39 is 5.41 Å². The topological polar surface area (TPSA) is 33.5 Å². The van der Waals surface area contributed by atoms with Crippen molar-refractivity contribution >= 4 is 44.6 Å². The van der Waals surface area contributed by atoms with Crippen LogP contribution in [-0.4, -0.2) is 9.55 Å². The number of para-hydroxylation sites is 1. The Hall–Kier alpha value is -7.20. The van der Waals surface area contributed by atoms with Crippen LogP contribution in [0.5, 0.6) is 11.5 Å². The van der Waals surface area contributed by atoms with Gasteiger partial charge in [0, 0.05) is 66.8 Å². The maximum absolute atomic E-state index is 7.30. The zero-order valence-corrected chi connectivity index (χ0v) is 49.8. The Morgan fingerprint density at radius 2 is 1.03 bits per heavy atom. The summed E-state index contributed by atoms with van der Waals surface area (Å²) in [6.07, 6.45) is 1.93. The van der Waals surface area contributed by atoms with Crippen LogP contribution in [0.15, 0.2) is 188 Å². The molecule has 0 atom stereocenters. The maximum Gasteiger partial charge on any atom is 0.135 e. The first kappa shape index (κ1) is 54.2. The molecule has 0 unspecified atom stereocenters. The summed E-state index contributed by atoms with van der Waals surface area (Å²) in [5, 5.41) is 2.31. The number of benzene rings is 8. The Labute approximate surface area is 478 Å². The number of nitrogens with zero attached hydrogens (tertiary/aromatic N) is 4. The van der Waals surface area contributed by atoms with Gasteiger partial charge in [0.2, 0.25) is 0 Å². The molecule has 10 aromatic rings. The molecule has 0 aliphatic carbocycles. The summed E-state index contributed by atoms with van der Waals surface area (Å²) in [6.45, 7) is 32.0. The van der Waals surface area contributed by atoms with E-state index in [-0.39, 0.29) is 42.7 Å². The van der Waals surface area contributed by atoms with Gasteiger partial charge in [-0.3, -0.25) is 0 Å². The molecule has 1 aliphatic rings. The summed E-state index contributed by atoms with van der Waals surface area (Å²) >= 11 is 0. The molecule has 398 valence electrons. The number of pyridine rings is 1. The molecular weight excluding hydrogens is 1130 g/mol. The molecular formula is C72H71N4OPt-3. The van der Waals surface area contributed by atoms with Crippen molar-refractivity contribution in [3.8, 4) is 28.4 Å². The van der Waals surface area contributed by atoms with Crippen molar-refractivity contribution in [2.24, 2.45) is 0 Å². The predicted molar refractivity (Wildman–Crippen MR) is 323 cm³/mol. The zero-order chi connectivity index (χ0) is 54.2. The summed E-state index contributed by atoms with van der Waals surface area (Å²) in [7, 11) is 0. The molecule has 0 amide bonds. The summed E-state index contributed by atoms with van der Waals surface area (Å²) in [5.41, 5.74) is 15.7. The fourth-order valence-electron chi connectivity index (χ4n) is 11.0. The quantitative estimate of drug-likeness (QED) is 0.128. The second-order valence-corrected chi connectivity index (χ2v) is 25.2. The predicted octanol–water partition coefficient (Wildman–Crippen LogP) is 19.2. The Morgan fingerprint density at radius 3 is 1.65 bits per heavy atom. The van der Waals surface area contributed by atoms with E-state index in [1.807, 2.05) is 6.20 Å². The largest absolute Gasteiger partial charge is 0.509 e. The van der Waals surface area contributed by atoms with Gasteiger partial charge < -0.3 is 19.1 Å². The third kappa shape index (κ3) is 10.1. The first-order valence-electron chi connectivity index (χ1n) is 27.2. The second-order valence-electron chi connectivity index (χ2n) is 25.2. The average molecular weight is 1200 g/mol. The standard InChI is InChI=1S/C72H71N4O.Pt/c1-68(2,3)52-33-34-63-64(42-52)75(47-74(63)56-38-49(48-25-17-14-18-26-48)37-54(39-56)71(10,11)50-27-19-15-20-28-50)57-40-55(72(12,13)51-29-21-16-22-30-51)41-58(44-57)77-59-45-61(70(7,8)9)67-60-31-23-24-32-62(60)76(65(67)46-59)66-43-53(35-36-73-66)69(4,5)6;/h14-43,45,47H,1-13H3;/q-3;. The minimum atomic E-state index is -0.416. The minimum Gasteiger partial charge on any atom is -0.509 e. The van der Waals surface area contributed by atoms with Crippen LogP contribution >= 0.6 is 0 Å². The van der Waals surface area contributed by atoms with Crippen LogP contribution in [-0.2, 0) is 48.1 Å². The SMILES string of the molecule is CC(C)(C)c1ccnc(-n2c3[c-]c(Oc4[c-]c(N5[CH-]N(c6cc(-c7ccccc7)cc(C(C)(C)c7ccccc7)c6)c6ccc(C(C)(C)C)cc65)cc(C(C)(C)c5ccccc5)c4)cc(C(C)(C)C)c3c3ccccc32)c1.[Pt]. The third-order valence-corrected chi connectivity index (χ3v) is 15.9. The maximum atomic E-state index is 7.30. The number of hydrogen-bond donors (Lipinski definition) is 0. The van der Waals surface area contributed by atoms with Crippen molar-refractivity contribution < 1.29 is 25.8 Å². The van der Waals surface area contributed by atoms with Gasteiger partial charge in [-0.25, -0.2) is 4.98 Å². The Kier molecular flexibility index (Phi) is 14.0. The van der Waals surface area contributed by atoms with Gasteiger partial charge in [0.1, 0.15) is 5.82 Å². The van der Waals surface area contributed by atoms with Crippen LogP contribution in [0, 0.1) is 18.8 Å². The van der Waals surface area contributed by atoms with Crippen molar-refractivity contribution in [3.63, 3.8) is 0 Å². The first-order valence-corrected chi connectivity index (χ1v) is 27.2. The molecule has 0 bridgehead atoms. The number of hydrogen-bond acceptors (Lipinski definition) is 4. The molecule has 0 radical (unpaired) electrons. The van der Waals surface area contributed by atoms with E-state index >= 15 is 0 Å². The van der Waals surface area contributed by atoms with E-state index in [4.69, 9.17) is 9.72 Å². The van der Waals surface area contributed by atoms with Crippen molar-refractivity contribution in [2.45, 2.75) is 117 Å². The first-order chi connectivity index (χ1) is 36.6. The van der Waals surface area contributed by atoms with Crippen LogP contribution in [0.4, 0.5) is 22.7 Å². The monoisotopic (exact) mass is 1200 g/mol. The van der Waals surface area contributed by atoms with Crippen LogP contribution in [0.3, 0.4) is 0 Å². The molecule has 0 saturated heterocycles. The summed E-state index contributed by atoms with van der Waals surface area (Å²) < 4.78 is 9.56. The van der Waals surface area contributed by atoms with E-state index in [0.717, 1.165) is 61.5 Å². The summed E-state index contributed by atoms with van der Waals surface area (Å²) in [6, 6.07) is 73.8. The molecule has 0 saturated carbocycles. The molecule has 0 fully saturated rings. The van der Waals surface area contributed by atoms with Gasteiger partial charge in [-0.1, -0.05) is 222 Å². The van der Waals surface area contributed by atoms with Crippen molar-refractivity contribution in [2.75, 3.05) is 9.80 Å². The minimum absolute atomic E-state index is 0. The van der Waals surface area contributed by atoms with Crippen LogP contribution < -0.4 is 14.5 Å². The number of anilines is 4. The Balaban J connectivity index is 0.00000688. The fourth-order valence-corrected chi connectivity index (χ4v) is 11.0. The molecule has 6 heteroatoms. The van der Waals surface area contributed by atoms with Crippen LogP contribution in [0.2, 0.25) is 0 Å². The van der Waals surface area contributed by atoms with Gasteiger partial charge in [0.25, 0.3) is 0 Å². The van der Waals surface area contributed by atoms with Gasteiger partial charge in [-0.2, -0.15) is 0 Å². The van der Waals surface area contributed by atoms with Gasteiger partial charge in [0.15, 0.2) is 0 Å². The van der Waals surface area contributed by atoms with E-state index in [0.29, 0.717) is 11.5 Å². The molecule has 1 aliphatic heterocycles. The molecule has 0 N–H and O–H groups in total. The van der Waals surface area contributed by atoms with Gasteiger partial charge in [0.05, 0.1) is 0 Å². The molecule has 11 rings (SSSR count). The summed E-state index contributed by atoms with van der Waals surface area (Å²) in [4.78, 5) is 9.71. The molecule has 8 aromatic carbocycles. The van der Waals surface area contributed by atoms with Gasteiger partial charge in [-0.05, 0) is 108 Å². The molecule has 78 heavy (non-hydrogen) atoms. The molecule has 5 nitrogen and oxygen atoms in total. The average Bonchev–Trinajstić information content (AvgIpc) is 4.21. The number of ether oxygens (including phenoxy) is 1. The van der Waals surface area contributed by atoms with Crippen LogP contribution in [0.1, 0.15) is 129 Å². The number of aromatic nitrogens is 2. The summed E-state index contributed by atoms with van der Waals surface area (Å²) in [5.74, 6) is 2.07. The van der Waals surface area contributed by atoms with Crippen molar-refractivity contribution in [1.82, 2.24) is 9.55 Å². The normalized spacial score (nSPS) is 13.2. The number of fused-ring (bicyclic) bond motifs is 4. The third-order valence-electron chi connectivity index (χ3n) is 15.9. The van der Waals surface area contributed by atoms with E-state index in [9.17, 15) is 0 Å². The van der Waals surface area contributed by atoms with E-state index in [1.54, 1.807) is 0 Å². The van der Waals surface area contributed by atoms with Crippen molar-refractivity contribution in [3.05, 3.63) is 246 Å². The molecule has 0 spiro atoms. The smallest absolute Gasteiger partial charge is 0.135 e. The van der Waals surface area contributed by atoms with E-state index in [1.165, 1.54) is 38.9 Å².